The molecule has 0 spiro atoms. The van der Waals surface area contributed by atoms with Crippen LogP contribution in [0.4, 0.5) is 18.9 Å². The molecular formula is C14H10F3NOS. The Kier molecular flexibility index (Phi) is 4.04. The highest BCUT2D eigenvalue weighted by Gasteiger charge is 2.33. The van der Waals surface area contributed by atoms with Gasteiger partial charge in [-0.3, -0.25) is 4.79 Å². The van der Waals surface area contributed by atoms with Crippen molar-refractivity contribution >= 4 is 24.2 Å². The maximum Gasteiger partial charge on any atom is 0.418 e. The number of amides is 1. The highest BCUT2D eigenvalue weighted by molar-refractivity contribution is 7.80. The van der Waals surface area contributed by atoms with E-state index in [1.807, 2.05) is 0 Å². The number of hydrogen-bond donors (Lipinski definition) is 2. The van der Waals surface area contributed by atoms with Crippen LogP contribution in [0.1, 0.15) is 15.9 Å². The summed E-state index contributed by atoms with van der Waals surface area (Å²) in [7, 11) is 0. The molecule has 0 saturated heterocycles. The Morgan fingerprint density at radius 1 is 1.00 bits per heavy atom. The fourth-order valence-electron chi connectivity index (χ4n) is 1.65. The van der Waals surface area contributed by atoms with Gasteiger partial charge in [-0.05, 0) is 36.4 Å². The molecule has 0 fully saturated rings. The van der Waals surface area contributed by atoms with E-state index in [2.05, 4.69) is 17.9 Å². The van der Waals surface area contributed by atoms with Crippen LogP contribution in [-0.2, 0) is 6.18 Å². The van der Waals surface area contributed by atoms with Crippen molar-refractivity contribution in [2.45, 2.75) is 11.1 Å². The Morgan fingerprint density at radius 3 is 2.20 bits per heavy atom. The number of nitrogens with one attached hydrogen (secondary N) is 1. The van der Waals surface area contributed by atoms with Crippen LogP contribution in [0.3, 0.4) is 0 Å². The van der Waals surface area contributed by atoms with Crippen molar-refractivity contribution in [1.82, 2.24) is 0 Å². The molecule has 0 aromatic heterocycles. The number of carbonyl (C=O) groups excluding carboxylic acids is 1. The molecule has 0 aliphatic carbocycles. The number of rotatable bonds is 2. The van der Waals surface area contributed by atoms with E-state index in [-0.39, 0.29) is 11.3 Å². The van der Waals surface area contributed by atoms with Gasteiger partial charge < -0.3 is 5.32 Å². The van der Waals surface area contributed by atoms with Gasteiger partial charge in [0.15, 0.2) is 0 Å². The van der Waals surface area contributed by atoms with Crippen LogP contribution in [0.5, 0.6) is 0 Å². The predicted octanol–water partition coefficient (Wildman–Crippen LogP) is 4.25. The average Bonchev–Trinajstić information content (AvgIpc) is 2.38. The summed E-state index contributed by atoms with van der Waals surface area (Å²) in [5, 5.41) is 2.27. The number of alkyl halides is 3. The van der Waals surface area contributed by atoms with Gasteiger partial charge >= 0.3 is 6.18 Å². The average molecular weight is 297 g/mol. The fraction of sp³-hybridized carbons (Fsp3) is 0.0714. The minimum absolute atomic E-state index is 0.264. The van der Waals surface area contributed by atoms with Gasteiger partial charge in [0.25, 0.3) is 5.91 Å². The lowest BCUT2D eigenvalue weighted by Gasteiger charge is -2.13. The van der Waals surface area contributed by atoms with Crippen molar-refractivity contribution in [3.8, 4) is 0 Å². The molecule has 0 aliphatic heterocycles. The molecule has 0 heterocycles. The molecule has 1 N–H and O–H groups in total. The van der Waals surface area contributed by atoms with E-state index in [0.29, 0.717) is 4.90 Å². The predicted molar refractivity (Wildman–Crippen MR) is 73.1 cm³/mol. The minimum atomic E-state index is -4.52. The normalized spacial score (nSPS) is 11.2. The Hall–Kier alpha value is -1.95. The van der Waals surface area contributed by atoms with E-state index < -0.39 is 17.6 Å². The molecule has 104 valence electrons. The van der Waals surface area contributed by atoms with Crippen molar-refractivity contribution < 1.29 is 18.0 Å². The standard InChI is InChI=1S/C14H10F3NOS/c15-14(16,17)11-3-1-2-4-12(11)18-13(19)9-5-7-10(20)8-6-9/h1-8,20H,(H,18,19). The lowest BCUT2D eigenvalue weighted by Crippen LogP contribution is -2.16. The Bertz CT molecular complexity index is 623. The maximum absolute atomic E-state index is 12.8. The summed E-state index contributed by atoms with van der Waals surface area (Å²) in [6, 6.07) is 11.0. The van der Waals surface area contributed by atoms with Crippen LogP contribution >= 0.6 is 12.6 Å². The SMILES string of the molecule is O=C(Nc1ccccc1C(F)(F)F)c1ccc(S)cc1. The molecule has 20 heavy (non-hydrogen) atoms. The smallest absolute Gasteiger partial charge is 0.321 e. The second-order valence-corrected chi connectivity index (χ2v) is 4.56. The summed E-state index contributed by atoms with van der Waals surface area (Å²) >= 11 is 4.07. The van der Waals surface area contributed by atoms with E-state index in [0.717, 1.165) is 6.07 Å². The van der Waals surface area contributed by atoms with Gasteiger partial charge in [-0.1, -0.05) is 12.1 Å². The number of para-hydroxylation sites is 1. The van der Waals surface area contributed by atoms with Gasteiger partial charge in [0.1, 0.15) is 0 Å². The first-order valence-corrected chi connectivity index (χ1v) is 6.09. The zero-order valence-electron chi connectivity index (χ0n) is 10.1. The third-order valence-electron chi connectivity index (χ3n) is 2.61. The van der Waals surface area contributed by atoms with Gasteiger partial charge in [0.05, 0.1) is 11.3 Å². The molecule has 0 aliphatic rings. The Morgan fingerprint density at radius 2 is 1.60 bits per heavy atom. The van der Waals surface area contributed by atoms with E-state index in [1.165, 1.54) is 30.3 Å². The van der Waals surface area contributed by atoms with Crippen molar-refractivity contribution in [3.05, 3.63) is 59.7 Å². The van der Waals surface area contributed by atoms with Crippen LogP contribution in [0.25, 0.3) is 0 Å². The zero-order chi connectivity index (χ0) is 14.8. The first-order valence-electron chi connectivity index (χ1n) is 5.64. The summed E-state index contributed by atoms with van der Waals surface area (Å²) in [5.74, 6) is -0.602. The number of anilines is 1. The van der Waals surface area contributed by atoms with E-state index in [1.54, 1.807) is 12.1 Å². The van der Waals surface area contributed by atoms with E-state index in [4.69, 9.17) is 0 Å². The summed E-state index contributed by atoms with van der Waals surface area (Å²) in [6.07, 6.45) is -4.52. The Labute approximate surface area is 119 Å². The van der Waals surface area contributed by atoms with Crippen LogP contribution in [0, 0.1) is 0 Å². The maximum atomic E-state index is 12.8. The lowest BCUT2D eigenvalue weighted by atomic mass is 10.1. The molecule has 2 rings (SSSR count). The number of halogens is 3. The van der Waals surface area contributed by atoms with E-state index >= 15 is 0 Å². The first-order chi connectivity index (χ1) is 9.38. The van der Waals surface area contributed by atoms with Gasteiger partial charge in [-0.2, -0.15) is 13.2 Å². The fourth-order valence-corrected chi connectivity index (χ4v) is 1.80. The lowest BCUT2D eigenvalue weighted by molar-refractivity contribution is -0.136. The number of carbonyl (C=O) groups is 1. The molecule has 0 bridgehead atoms. The molecule has 2 nitrogen and oxygen atoms in total. The molecule has 2 aromatic carbocycles. The summed E-state index contributed by atoms with van der Waals surface area (Å²) < 4.78 is 38.4. The third-order valence-corrected chi connectivity index (χ3v) is 2.91. The number of benzene rings is 2. The summed E-state index contributed by atoms with van der Waals surface area (Å²) in [4.78, 5) is 12.6. The Balaban J connectivity index is 2.26. The van der Waals surface area contributed by atoms with Gasteiger partial charge in [0, 0.05) is 10.5 Å². The largest absolute Gasteiger partial charge is 0.418 e. The molecular weight excluding hydrogens is 287 g/mol. The molecule has 0 saturated carbocycles. The van der Waals surface area contributed by atoms with Crippen LogP contribution in [0.15, 0.2) is 53.4 Å². The van der Waals surface area contributed by atoms with Crippen LogP contribution < -0.4 is 5.32 Å². The molecule has 6 heteroatoms. The van der Waals surface area contributed by atoms with E-state index in [9.17, 15) is 18.0 Å². The van der Waals surface area contributed by atoms with Crippen molar-refractivity contribution in [1.29, 1.82) is 0 Å². The van der Waals surface area contributed by atoms with Crippen molar-refractivity contribution in [3.63, 3.8) is 0 Å². The second kappa shape index (κ2) is 5.58. The highest BCUT2D eigenvalue weighted by atomic mass is 32.1. The second-order valence-electron chi connectivity index (χ2n) is 4.04. The number of thiol groups is 1. The molecule has 0 unspecified atom stereocenters. The minimum Gasteiger partial charge on any atom is -0.321 e. The topological polar surface area (TPSA) is 29.1 Å². The van der Waals surface area contributed by atoms with Gasteiger partial charge in [-0.15, -0.1) is 12.6 Å². The van der Waals surface area contributed by atoms with Gasteiger partial charge in [0.2, 0.25) is 0 Å². The first kappa shape index (κ1) is 14.5. The molecule has 0 radical (unpaired) electrons. The number of hydrogen-bond acceptors (Lipinski definition) is 2. The summed E-state index contributed by atoms with van der Waals surface area (Å²) in [6.45, 7) is 0. The highest BCUT2D eigenvalue weighted by Crippen LogP contribution is 2.34. The van der Waals surface area contributed by atoms with Gasteiger partial charge in [-0.25, -0.2) is 0 Å². The summed E-state index contributed by atoms with van der Waals surface area (Å²) in [5.41, 5.74) is -0.876. The van der Waals surface area contributed by atoms with Crippen LogP contribution in [0.2, 0.25) is 0 Å². The quantitative estimate of drug-likeness (QED) is 0.797. The molecule has 1 amide bonds. The monoisotopic (exact) mass is 297 g/mol. The third kappa shape index (κ3) is 3.33. The van der Waals surface area contributed by atoms with Crippen molar-refractivity contribution in [2.24, 2.45) is 0 Å². The molecule has 2 aromatic rings. The van der Waals surface area contributed by atoms with Crippen LogP contribution in [-0.4, -0.2) is 5.91 Å². The van der Waals surface area contributed by atoms with Crippen molar-refractivity contribution in [2.75, 3.05) is 5.32 Å². The zero-order valence-corrected chi connectivity index (χ0v) is 11.0. The molecule has 0 atom stereocenters.